The number of fused-ring (bicyclic) bond motifs is 1. The van der Waals surface area contributed by atoms with E-state index in [2.05, 4.69) is 0 Å². The second-order valence-electron chi connectivity index (χ2n) is 4.78. The van der Waals surface area contributed by atoms with Crippen molar-refractivity contribution < 1.29 is 14.3 Å². The number of hydrogen-bond acceptors (Lipinski definition) is 4. The molecule has 0 aliphatic carbocycles. The molecule has 0 saturated carbocycles. The lowest BCUT2D eigenvalue weighted by molar-refractivity contribution is 0.152. The lowest BCUT2D eigenvalue weighted by atomic mass is 10.1. The smallest absolute Gasteiger partial charge is 0.395 e. The normalized spacial score (nSPS) is 10.4. The van der Waals surface area contributed by atoms with Crippen molar-refractivity contribution in [1.29, 1.82) is 0 Å². The lowest BCUT2D eigenvalue weighted by Crippen LogP contribution is -2.14. The maximum atomic E-state index is 11.9. The summed E-state index contributed by atoms with van der Waals surface area (Å²) in [5.41, 5.74) is 6.49. The summed E-state index contributed by atoms with van der Waals surface area (Å²) in [6.45, 7) is 0.445. The molecule has 0 spiro atoms. The highest BCUT2D eigenvalue weighted by atomic mass is 16.7. The minimum absolute atomic E-state index is 0.419. The number of carbonyl (C=O) groups is 1. The summed E-state index contributed by atoms with van der Waals surface area (Å²) in [4.78, 5) is 11.9. The number of nitrogens with two attached hydrogens (primary N) is 1. The third-order valence-electron chi connectivity index (χ3n) is 3.30. The van der Waals surface area contributed by atoms with E-state index in [0.717, 1.165) is 16.3 Å². The topological polar surface area (TPSA) is 61.5 Å². The Morgan fingerprint density at radius 3 is 2.36 bits per heavy atom. The van der Waals surface area contributed by atoms with Gasteiger partial charge in [0.05, 0.1) is 0 Å². The fraction of sp³-hybridized carbons (Fsp3) is 0.0556. The molecule has 3 aromatic rings. The van der Waals surface area contributed by atoms with Gasteiger partial charge in [0.25, 0.3) is 0 Å². The van der Waals surface area contributed by atoms with Gasteiger partial charge in [-0.25, -0.2) is 4.79 Å². The van der Waals surface area contributed by atoms with Crippen LogP contribution < -0.4 is 15.2 Å². The highest BCUT2D eigenvalue weighted by Crippen LogP contribution is 2.25. The molecule has 2 N–H and O–H groups in total. The first-order valence-electron chi connectivity index (χ1n) is 6.93. The van der Waals surface area contributed by atoms with Crippen LogP contribution in [-0.2, 0) is 6.54 Å². The zero-order chi connectivity index (χ0) is 15.4. The van der Waals surface area contributed by atoms with Gasteiger partial charge in [-0.15, -0.1) is 0 Å². The maximum absolute atomic E-state index is 11.9. The molecule has 3 rings (SSSR count). The van der Waals surface area contributed by atoms with Crippen molar-refractivity contribution in [3.63, 3.8) is 0 Å². The Balaban J connectivity index is 1.75. The van der Waals surface area contributed by atoms with Crippen LogP contribution in [0.15, 0.2) is 66.7 Å². The van der Waals surface area contributed by atoms with Crippen molar-refractivity contribution in [3.8, 4) is 11.5 Å². The van der Waals surface area contributed by atoms with E-state index in [0.29, 0.717) is 18.0 Å². The number of benzene rings is 3. The zero-order valence-electron chi connectivity index (χ0n) is 11.9. The van der Waals surface area contributed by atoms with Crippen molar-refractivity contribution in [3.05, 3.63) is 72.3 Å². The molecule has 110 valence electrons. The van der Waals surface area contributed by atoms with Gasteiger partial charge in [-0.3, -0.25) is 0 Å². The van der Waals surface area contributed by atoms with Crippen LogP contribution in [0.5, 0.6) is 11.5 Å². The van der Waals surface area contributed by atoms with Gasteiger partial charge in [-0.2, -0.15) is 0 Å². The van der Waals surface area contributed by atoms with E-state index in [9.17, 15) is 4.79 Å². The second kappa shape index (κ2) is 6.28. The first kappa shape index (κ1) is 14.1. The monoisotopic (exact) mass is 293 g/mol. The minimum Gasteiger partial charge on any atom is -0.395 e. The molecule has 0 fully saturated rings. The third-order valence-corrected chi connectivity index (χ3v) is 3.30. The van der Waals surface area contributed by atoms with Crippen LogP contribution in [0.2, 0.25) is 0 Å². The molecule has 22 heavy (non-hydrogen) atoms. The molecule has 0 amide bonds. The van der Waals surface area contributed by atoms with Crippen LogP contribution in [0, 0.1) is 0 Å². The molecule has 0 bridgehead atoms. The van der Waals surface area contributed by atoms with E-state index in [-0.39, 0.29) is 0 Å². The molecule has 0 aliphatic rings. The largest absolute Gasteiger partial charge is 0.519 e. The van der Waals surface area contributed by atoms with E-state index in [4.69, 9.17) is 15.2 Å². The van der Waals surface area contributed by atoms with Gasteiger partial charge in [0.2, 0.25) is 0 Å². The molecule has 0 atom stereocenters. The van der Waals surface area contributed by atoms with Gasteiger partial charge in [0.15, 0.2) is 0 Å². The van der Waals surface area contributed by atoms with E-state index >= 15 is 0 Å². The van der Waals surface area contributed by atoms with Gasteiger partial charge in [0, 0.05) is 11.9 Å². The van der Waals surface area contributed by atoms with E-state index in [1.807, 2.05) is 36.4 Å². The first-order valence-corrected chi connectivity index (χ1v) is 6.93. The van der Waals surface area contributed by atoms with Crippen molar-refractivity contribution in [2.75, 3.05) is 0 Å². The summed E-state index contributed by atoms with van der Waals surface area (Å²) < 4.78 is 10.5. The van der Waals surface area contributed by atoms with Crippen molar-refractivity contribution >= 4 is 16.9 Å². The van der Waals surface area contributed by atoms with Crippen molar-refractivity contribution in [2.45, 2.75) is 6.54 Å². The Hall–Kier alpha value is -2.85. The van der Waals surface area contributed by atoms with Crippen LogP contribution in [-0.4, -0.2) is 6.16 Å². The third kappa shape index (κ3) is 3.07. The molecule has 4 nitrogen and oxygen atoms in total. The molecule has 0 aliphatic heterocycles. The average Bonchev–Trinajstić information content (AvgIpc) is 2.56. The lowest BCUT2D eigenvalue weighted by Gasteiger charge is -2.08. The van der Waals surface area contributed by atoms with Crippen LogP contribution in [0.4, 0.5) is 4.79 Å². The van der Waals surface area contributed by atoms with Gasteiger partial charge >= 0.3 is 6.16 Å². The standard InChI is InChI=1S/C18H15NO3/c19-12-13-8-10-15(11-9-13)21-18(20)22-17-7-3-5-14-4-1-2-6-16(14)17/h1-11H,12,19H2. The number of ether oxygens (including phenoxy) is 2. The first-order chi connectivity index (χ1) is 10.8. The summed E-state index contributed by atoms with van der Waals surface area (Å²) in [6, 6.07) is 20.2. The molecular weight excluding hydrogens is 278 g/mol. The van der Waals surface area contributed by atoms with Gasteiger partial charge in [0.1, 0.15) is 11.5 Å². The van der Waals surface area contributed by atoms with Gasteiger partial charge in [-0.1, -0.05) is 48.5 Å². The zero-order valence-corrected chi connectivity index (χ0v) is 11.9. The van der Waals surface area contributed by atoms with Gasteiger partial charge < -0.3 is 15.2 Å². The SMILES string of the molecule is NCc1ccc(OC(=O)Oc2cccc3ccccc23)cc1. The summed E-state index contributed by atoms with van der Waals surface area (Å²) in [5, 5.41) is 1.86. The molecule has 0 aromatic heterocycles. The summed E-state index contributed by atoms with van der Waals surface area (Å²) in [6.07, 6.45) is -0.767. The molecule has 0 heterocycles. The second-order valence-corrected chi connectivity index (χ2v) is 4.78. The highest BCUT2D eigenvalue weighted by Gasteiger charge is 2.10. The Morgan fingerprint density at radius 2 is 1.59 bits per heavy atom. The Bertz CT molecular complexity index is 792. The Morgan fingerprint density at radius 1 is 0.864 bits per heavy atom. The van der Waals surface area contributed by atoms with E-state index < -0.39 is 6.16 Å². The molecule has 3 aromatic carbocycles. The molecule has 0 saturated heterocycles. The summed E-state index contributed by atoms with van der Waals surface area (Å²) in [7, 11) is 0. The predicted molar refractivity (Wildman–Crippen MR) is 84.9 cm³/mol. The van der Waals surface area contributed by atoms with Crippen molar-refractivity contribution in [2.24, 2.45) is 5.73 Å². The molecule has 0 unspecified atom stereocenters. The number of rotatable bonds is 3. The van der Waals surface area contributed by atoms with E-state index in [1.165, 1.54) is 0 Å². The average molecular weight is 293 g/mol. The quantitative estimate of drug-likeness (QED) is 0.588. The molecular formula is C18H15NO3. The maximum Gasteiger partial charge on any atom is 0.519 e. The number of hydrogen-bond donors (Lipinski definition) is 1. The van der Waals surface area contributed by atoms with Gasteiger partial charge in [-0.05, 0) is 29.1 Å². The molecule has 0 radical (unpaired) electrons. The van der Waals surface area contributed by atoms with E-state index in [1.54, 1.807) is 30.3 Å². The van der Waals surface area contributed by atoms with Crippen LogP contribution >= 0.6 is 0 Å². The predicted octanol–water partition coefficient (Wildman–Crippen LogP) is 3.88. The fourth-order valence-corrected chi connectivity index (χ4v) is 2.19. The summed E-state index contributed by atoms with van der Waals surface area (Å²) in [5.74, 6) is 0.893. The van der Waals surface area contributed by atoms with Crippen LogP contribution in [0.25, 0.3) is 10.8 Å². The van der Waals surface area contributed by atoms with Crippen LogP contribution in [0.3, 0.4) is 0 Å². The Kier molecular flexibility index (Phi) is 4.03. The fourth-order valence-electron chi connectivity index (χ4n) is 2.19. The van der Waals surface area contributed by atoms with Crippen molar-refractivity contribution in [1.82, 2.24) is 0 Å². The minimum atomic E-state index is -0.767. The number of carbonyl (C=O) groups excluding carboxylic acids is 1. The molecule has 4 heteroatoms. The summed E-state index contributed by atoms with van der Waals surface area (Å²) >= 11 is 0. The van der Waals surface area contributed by atoms with Crippen LogP contribution in [0.1, 0.15) is 5.56 Å². The highest BCUT2D eigenvalue weighted by molar-refractivity contribution is 5.89. The Labute approximate surface area is 128 Å².